The fourth-order valence-electron chi connectivity index (χ4n) is 1.67. The van der Waals surface area contributed by atoms with Gasteiger partial charge in [0, 0.05) is 28.9 Å². The Hall–Kier alpha value is -1.55. The van der Waals surface area contributed by atoms with E-state index in [9.17, 15) is 9.18 Å². The molecule has 0 saturated heterocycles. The van der Waals surface area contributed by atoms with Crippen LogP contribution in [0.1, 0.15) is 21.5 Å². The predicted octanol–water partition coefficient (Wildman–Crippen LogP) is 3.72. The SMILES string of the molecule is Cc1ccc(F)cc1CC(=O)c1cncc(Br)c1. The highest BCUT2D eigenvalue weighted by atomic mass is 79.9. The van der Waals surface area contributed by atoms with Gasteiger partial charge in [-0.05, 0) is 52.2 Å². The van der Waals surface area contributed by atoms with Crippen LogP contribution in [-0.4, -0.2) is 10.8 Å². The highest BCUT2D eigenvalue weighted by molar-refractivity contribution is 9.10. The van der Waals surface area contributed by atoms with Crippen molar-refractivity contribution in [2.75, 3.05) is 0 Å². The number of carbonyl (C=O) groups excluding carboxylic acids is 1. The molecule has 18 heavy (non-hydrogen) atoms. The molecule has 1 heterocycles. The topological polar surface area (TPSA) is 30.0 Å². The van der Waals surface area contributed by atoms with E-state index in [-0.39, 0.29) is 18.0 Å². The quantitative estimate of drug-likeness (QED) is 0.809. The lowest BCUT2D eigenvalue weighted by molar-refractivity contribution is 0.0992. The molecular weight excluding hydrogens is 297 g/mol. The molecule has 2 nitrogen and oxygen atoms in total. The van der Waals surface area contributed by atoms with Gasteiger partial charge in [-0.15, -0.1) is 0 Å². The van der Waals surface area contributed by atoms with Gasteiger partial charge in [0.05, 0.1) is 0 Å². The Balaban J connectivity index is 2.24. The van der Waals surface area contributed by atoms with E-state index >= 15 is 0 Å². The van der Waals surface area contributed by atoms with Gasteiger partial charge >= 0.3 is 0 Å². The summed E-state index contributed by atoms with van der Waals surface area (Å²) in [4.78, 5) is 16.0. The van der Waals surface area contributed by atoms with Gasteiger partial charge in [-0.1, -0.05) is 6.07 Å². The second kappa shape index (κ2) is 5.40. The van der Waals surface area contributed by atoms with Crippen molar-refractivity contribution in [2.45, 2.75) is 13.3 Å². The first kappa shape index (κ1) is 12.9. The van der Waals surface area contributed by atoms with E-state index in [1.54, 1.807) is 18.3 Å². The molecule has 0 bridgehead atoms. The zero-order valence-corrected chi connectivity index (χ0v) is 11.4. The molecule has 4 heteroatoms. The van der Waals surface area contributed by atoms with Crippen molar-refractivity contribution in [3.05, 3.63) is 63.6 Å². The molecule has 0 fully saturated rings. The number of hydrogen-bond donors (Lipinski definition) is 0. The summed E-state index contributed by atoms with van der Waals surface area (Å²) in [6.07, 6.45) is 3.31. The lowest BCUT2D eigenvalue weighted by Gasteiger charge is -2.05. The van der Waals surface area contributed by atoms with Crippen LogP contribution >= 0.6 is 15.9 Å². The maximum Gasteiger partial charge on any atom is 0.168 e. The summed E-state index contributed by atoms with van der Waals surface area (Å²) < 4.78 is 13.9. The van der Waals surface area contributed by atoms with Gasteiger partial charge in [0.25, 0.3) is 0 Å². The first-order valence-electron chi connectivity index (χ1n) is 5.45. The lowest BCUT2D eigenvalue weighted by atomic mass is 10.0. The van der Waals surface area contributed by atoms with Gasteiger partial charge in [0.1, 0.15) is 5.82 Å². The Labute approximate surface area is 113 Å². The Bertz CT molecular complexity index is 598. The summed E-state index contributed by atoms with van der Waals surface area (Å²) in [6, 6.07) is 6.18. The number of ketones is 1. The number of pyridine rings is 1. The zero-order valence-electron chi connectivity index (χ0n) is 9.78. The monoisotopic (exact) mass is 307 g/mol. The summed E-state index contributed by atoms with van der Waals surface area (Å²) in [5.41, 5.74) is 2.14. The Morgan fingerprint density at radius 1 is 1.33 bits per heavy atom. The van der Waals surface area contributed by atoms with Gasteiger partial charge in [-0.3, -0.25) is 9.78 Å². The third-order valence-electron chi connectivity index (χ3n) is 2.69. The Morgan fingerprint density at radius 3 is 2.83 bits per heavy atom. The molecular formula is C14H11BrFNO. The smallest absolute Gasteiger partial charge is 0.168 e. The van der Waals surface area contributed by atoms with Crippen LogP contribution in [0, 0.1) is 12.7 Å². The molecule has 1 aromatic heterocycles. The molecule has 0 aliphatic rings. The van der Waals surface area contributed by atoms with Crippen molar-refractivity contribution in [2.24, 2.45) is 0 Å². The minimum absolute atomic E-state index is 0.0718. The molecule has 0 amide bonds. The van der Waals surface area contributed by atoms with Crippen LogP contribution in [0.3, 0.4) is 0 Å². The van der Waals surface area contributed by atoms with Gasteiger partial charge in [-0.2, -0.15) is 0 Å². The van der Waals surface area contributed by atoms with Crippen LogP contribution in [0.25, 0.3) is 0 Å². The first-order chi connectivity index (χ1) is 8.56. The number of hydrogen-bond acceptors (Lipinski definition) is 2. The van der Waals surface area contributed by atoms with Crippen LogP contribution in [0.4, 0.5) is 4.39 Å². The molecule has 2 aromatic rings. The number of aromatic nitrogens is 1. The maximum atomic E-state index is 13.1. The van der Waals surface area contributed by atoms with E-state index in [2.05, 4.69) is 20.9 Å². The Kier molecular flexibility index (Phi) is 3.87. The van der Waals surface area contributed by atoms with E-state index in [1.165, 1.54) is 18.3 Å². The average Bonchev–Trinajstić information content (AvgIpc) is 2.34. The second-order valence-electron chi connectivity index (χ2n) is 4.06. The van der Waals surface area contributed by atoms with E-state index in [1.807, 2.05) is 6.92 Å². The third kappa shape index (κ3) is 3.01. The number of carbonyl (C=O) groups is 1. The first-order valence-corrected chi connectivity index (χ1v) is 6.24. The molecule has 0 unspecified atom stereocenters. The molecule has 0 N–H and O–H groups in total. The standard InChI is InChI=1S/C14H11BrFNO/c1-9-2-3-13(16)5-10(9)6-14(18)11-4-12(15)8-17-7-11/h2-5,7-8H,6H2,1H3. The molecule has 0 spiro atoms. The van der Waals surface area contributed by atoms with Gasteiger partial charge in [0.2, 0.25) is 0 Å². The van der Waals surface area contributed by atoms with Crippen LogP contribution in [0.15, 0.2) is 41.1 Å². The minimum Gasteiger partial charge on any atom is -0.294 e. The fraction of sp³-hybridized carbons (Fsp3) is 0.143. The van der Waals surface area contributed by atoms with Crippen LogP contribution < -0.4 is 0 Å². The second-order valence-corrected chi connectivity index (χ2v) is 4.98. The van der Waals surface area contributed by atoms with Gasteiger partial charge in [0.15, 0.2) is 5.78 Å². The highest BCUT2D eigenvalue weighted by Crippen LogP contribution is 2.15. The zero-order chi connectivity index (χ0) is 13.1. The van der Waals surface area contributed by atoms with E-state index in [0.29, 0.717) is 11.1 Å². The summed E-state index contributed by atoms with van der Waals surface area (Å²) in [6.45, 7) is 1.86. The van der Waals surface area contributed by atoms with Crippen molar-refractivity contribution < 1.29 is 9.18 Å². The van der Waals surface area contributed by atoms with E-state index < -0.39 is 0 Å². The van der Waals surface area contributed by atoms with Gasteiger partial charge in [-0.25, -0.2) is 4.39 Å². The normalized spacial score (nSPS) is 10.4. The van der Waals surface area contributed by atoms with Crippen molar-refractivity contribution in [3.63, 3.8) is 0 Å². The van der Waals surface area contributed by atoms with Crippen LogP contribution in [0.5, 0.6) is 0 Å². The Morgan fingerprint density at radius 2 is 2.11 bits per heavy atom. The molecule has 2 rings (SSSR count). The van der Waals surface area contributed by atoms with Crippen LogP contribution in [0.2, 0.25) is 0 Å². The summed E-state index contributed by atoms with van der Waals surface area (Å²) in [5.74, 6) is -0.395. The van der Waals surface area contributed by atoms with Crippen LogP contribution in [-0.2, 0) is 6.42 Å². The molecule has 0 saturated carbocycles. The summed E-state index contributed by atoms with van der Waals surface area (Å²) in [5, 5.41) is 0. The summed E-state index contributed by atoms with van der Waals surface area (Å²) in [7, 11) is 0. The average molecular weight is 308 g/mol. The highest BCUT2D eigenvalue weighted by Gasteiger charge is 2.10. The molecule has 1 aromatic carbocycles. The van der Waals surface area contributed by atoms with Crippen molar-refractivity contribution in [3.8, 4) is 0 Å². The minimum atomic E-state index is -0.323. The number of halogens is 2. The number of benzene rings is 1. The van der Waals surface area contributed by atoms with Crippen molar-refractivity contribution in [1.29, 1.82) is 0 Å². The van der Waals surface area contributed by atoms with E-state index in [0.717, 1.165) is 10.0 Å². The number of rotatable bonds is 3. The van der Waals surface area contributed by atoms with Crippen molar-refractivity contribution >= 4 is 21.7 Å². The predicted molar refractivity (Wildman–Crippen MR) is 71.1 cm³/mol. The van der Waals surface area contributed by atoms with Crippen molar-refractivity contribution in [1.82, 2.24) is 4.98 Å². The van der Waals surface area contributed by atoms with Gasteiger partial charge < -0.3 is 0 Å². The lowest BCUT2D eigenvalue weighted by Crippen LogP contribution is -2.05. The third-order valence-corrected chi connectivity index (χ3v) is 3.12. The molecule has 92 valence electrons. The number of aryl methyl sites for hydroxylation is 1. The fourth-order valence-corrected chi connectivity index (χ4v) is 2.03. The summed E-state index contributed by atoms with van der Waals surface area (Å²) >= 11 is 3.27. The molecule has 0 aliphatic carbocycles. The molecule has 0 atom stereocenters. The molecule has 0 radical (unpaired) electrons. The number of Topliss-reactive ketones (excluding diaryl/α,β-unsaturated/α-hetero) is 1. The maximum absolute atomic E-state index is 13.1. The largest absolute Gasteiger partial charge is 0.294 e. The molecule has 0 aliphatic heterocycles. The number of nitrogens with zero attached hydrogens (tertiary/aromatic N) is 1. The van der Waals surface area contributed by atoms with E-state index in [4.69, 9.17) is 0 Å².